The summed E-state index contributed by atoms with van der Waals surface area (Å²) >= 11 is 0. The molecule has 6 N–H and O–H groups in total. The van der Waals surface area contributed by atoms with Crippen LogP contribution in [0, 0.1) is 10.8 Å². The van der Waals surface area contributed by atoms with Crippen molar-refractivity contribution < 1.29 is 38.2 Å². The molecule has 0 saturated carbocycles. The Hall–Kier alpha value is -5.68. The van der Waals surface area contributed by atoms with Gasteiger partial charge in [0, 0.05) is 25.9 Å². The summed E-state index contributed by atoms with van der Waals surface area (Å²) in [5, 5.41) is 18.4. The summed E-state index contributed by atoms with van der Waals surface area (Å²) < 4.78 is 13.0. The summed E-state index contributed by atoms with van der Waals surface area (Å²) in [7, 11) is 3.38. The van der Waals surface area contributed by atoms with E-state index in [1.54, 1.807) is 37.7 Å². The number of nitrogens with zero attached hydrogens (tertiary/aromatic N) is 2. The maximum Gasteiger partial charge on any atom is 0.246 e. The maximum atomic E-state index is 14.6. The van der Waals surface area contributed by atoms with Crippen molar-refractivity contribution in [3.63, 3.8) is 0 Å². The molecule has 2 saturated heterocycles. The number of aryl methyl sites for hydroxylation is 2. The summed E-state index contributed by atoms with van der Waals surface area (Å²) in [5.41, 5.74) is 5.12. The number of nitrogens with one attached hydrogen (secondary N) is 6. The van der Waals surface area contributed by atoms with Crippen molar-refractivity contribution in [2.75, 3.05) is 27.2 Å². The van der Waals surface area contributed by atoms with Crippen molar-refractivity contribution in [1.82, 2.24) is 41.7 Å². The second-order valence-corrected chi connectivity index (χ2v) is 23.1. The quantitative estimate of drug-likeness (QED) is 0.0970. The summed E-state index contributed by atoms with van der Waals surface area (Å²) in [5.74, 6) is -1.75. The number of likely N-dealkylation sites (tertiary alicyclic amines) is 2. The molecule has 4 aliphatic rings. The number of hydrogen-bond donors (Lipinski definition) is 6. The minimum Gasteiger partial charge on any atom is -0.372 e. The smallest absolute Gasteiger partial charge is 0.246 e. The van der Waals surface area contributed by atoms with Crippen molar-refractivity contribution in [2.24, 2.45) is 10.8 Å². The molecule has 16 heteroatoms. The number of hydrogen-bond acceptors (Lipinski definition) is 10. The van der Waals surface area contributed by atoms with Crippen LogP contribution in [-0.2, 0) is 64.3 Å². The zero-order valence-corrected chi connectivity index (χ0v) is 45.3. The van der Waals surface area contributed by atoms with E-state index >= 15 is 0 Å². The molecule has 7 rings (SSSR count). The zero-order valence-electron chi connectivity index (χ0n) is 45.3. The third kappa shape index (κ3) is 13.6. The van der Waals surface area contributed by atoms with Gasteiger partial charge >= 0.3 is 0 Å². The molecule has 6 amide bonds. The highest BCUT2D eigenvalue weighted by Gasteiger charge is 2.48. The van der Waals surface area contributed by atoms with E-state index in [-0.39, 0.29) is 73.8 Å². The van der Waals surface area contributed by atoms with Crippen molar-refractivity contribution in [3.8, 4) is 0 Å². The van der Waals surface area contributed by atoms with Crippen LogP contribution >= 0.6 is 0 Å². The van der Waals surface area contributed by atoms with Crippen molar-refractivity contribution in [3.05, 3.63) is 106 Å². The lowest BCUT2D eigenvalue weighted by Crippen LogP contribution is -2.59. The Balaban J connectivity index is 1.02. The van der Waals surface area contributed by atoms with E-state index in [1.165, 1.54) is 11.1 Å². The Morgan fingerprint density at radius 2 is 0.932 bits per heavy atom. The number of benzene rings is 3. The third-order valence-corrected chi connectivity index (χ3v) is 15.5. The second-order valence-electron chi connectivity index (χ2n) is 23.1. The first kappa shape index (κ1) is 56.1. The fraction of sp³-hybridized carbons (Fsp3) is 0.586. The number of ether oxygens (including phenoxy) is 2. The number of likely N-dealkylation sites (N-methyl/N-ethyl adjacent to an activating group) is 2. The highest BCUT2D eigenvalue weighted by atomic mass is 16.5. The van der Waals surface area contributed by atoms with Crippen LogP contribution in [0.15, 0.2) is 72.8 Å². The number of carbonyl (C=O) groups is 6. The largest absolute Gasteiger partial charge is 0.372 e. The van der Waals surface area contributed by atoms with Gasteiger partial charge in [0.25, 0.3) is 0 Å². The number of amides is 6. The SMILES string of the molecule is CN[C@@H](C)C(=O)N[C@H](C(=O)N1CC(OCc2ccc(CO[C@H]3C[C@@H](C(=O)N[C@@H]4CCCc5ccccc54)N(C(=O)[C@@H](NC(=O)[C@H](C)NC)C(C)(C)C)C3)cc2)C[C@H]1C(=O)N[C@@H]1CCCc2ccccc21)C(C)(C)C. The average Bonchev–Trinajstić information content (AvgIpc) is 4.03. The fourth-order valence-corrected chi connectivity index (χ4v) is 10.7. The molecule has 0 bridgehead atoms. The monoisotopic (exact) mass is 1020 g/mol. The standard InChI is InChI=1S/C58H82N8O8/c1-35(59-9)51(67)63-49(57(3,4)5)55(71)65-31-41(29-47(65)53(69)61-45-23-15-19-39-17-11-13-21-43(39)45)73-33-37-25-27-38(28-26-37)34-74-42-30-48(54(70)62-46-24-16-20-40-18-12-14-22-44(40)46)66(32-42)56(72)50(58(6,7)8)64-52(68)36(2)60-10/h11-14,17-18,21-22,25-28,35-36,41-42,45-50,59-60H,15-16,19-20,23-24,29-34H2,1-10H3,(H,61,69)(H,62,70)(H,63,67)(H,64,68)/t35-,36-,41-,42?,45+,46+,47-,48-,49+,50+/m0/s1. The first-order chi connectivity index (χ1) is 35.2. The lowest BCUT2D eigenvalue weighted by molar-refractivity contribution is -0.144. The van der Waals surface area contributed by atoms with Crippen LogP contribution < -0.4 is 31.9 Å². The highest BCUT2D eigenvalue weighted by Crippen LogP contribution is 2.34. The number of fused-ring (bicyclic) bond motifs is 2. The van der Waals surface area contributed by atoms with Gasteiger partial charge < -0.3 is 51.2 Å². The van der Waals surface area contributed by atoms with Crippen LogP contribution in [0.3, 0.4) is 0 Å². The van der Waals surface area contributed by atoms with E-state index in [2.05, 4.69) is 56.2 Å². The molecule has 2 aliphatic carbocycles. The summed E-state index contributed by atoms with van der Waals surface area (Å²) in [4.78, 5) is 87.4. The summed E-state index contributed by atoms with van der Waals surface area (Å²) in [6, 6.07) is 19.4. The van der Waals surface area contributed by atoms with E-state index in [0.717, 1.165) is 60.8 Å². The Kier molecular flexibility index (Phi) is 18.4. The topological polar surface area (TPSA) is 200 Å². The van der Waals surface area contributed by atoms with Gasteiger partial charge in [-0.15, -0.1) is 0 Å². The van der Waals surface area contributed by atoms with E-state index in [4.69, 9.17) is 9.47 Å². The lowest BCUT2D eigenvalue weighted by Gasteiger charge is -2.36. The molecular formula is C58H82N8O8. The van der Waals surface area contributed by atoms with Crippen molar-refractivity contribution in [2.45, 2.75) is 181 Å². The summed E-state index contributed by atoms with van der Waals surface area (Å²) in [6.45, 7) is 15.7. The van der Waals surface area contributed by atoms with Gasteiger partial charge in [0.2, 0.25) is 35.4 Å². The van der Waals surface area contributed by atoms with E-state index < -0.39 is 59.3 Å². The molecule has 0 spiro atoms. The van der Waals surface area contributed by atoms with Crippen LogP contribution in [0.4, 0.5) is 0 Å². The molecule has 2 heterocycles. The predicted molar refractivity (Wildman–Crippen MR) is 284 cm³/mol. The van der Waals surface area contributed by atoms with Crippen LogP contribution in [0.25, 0.3) is 0 Å². The van der Waals surface area contributed by atoms with Gasteiger partial charge in [-0.05, 0) is 111 Å². The third-order valence-electron chi connectivity index (χ3n) is 15.5. The average molecular weight is 1020 g/mol. The Morgan fingerprint density at radius 3 is 1.28 bits per heavy atom. The van der Waals surface area contributed by atoms with E-state index in [0.29, 0.717) is 12.8 Å². The van der Waals surface area contributed by atoms with Crippen molar-refractivity contribution in [1.29, 1.82) is 0 Å². The van der Waals surface area contributed by atoms with Gasteiger partial charge in [0.1, 0.15) is 24.2 Å². The van der Waals surface area contributed by atoms with Gasteiger partial charge in [0.05, 0.1) is 49.6 Å². The summed E-state index contributed by atoms with van der Waals surface area (Å²) in [6.07, 6.45) is 5.08. The molecule has 74 heavy (non-hydrogen) atoms. The highest BCUT2D eigenvalue weighted by molar-refractivity contribution is 5.95. The van der Waals surface area contributed by atoms with Crippen LogP contribution in [0.2, 0.25) is 0 Å². The van der Waals surface area contributed by atoms with E-state index in [9.17, 15) is 28.8 Å². The molecule has 0 aromatic heterocycles. The maximum absolute atomic E-state index is 14.6. The molecule has 402 valence electrons. The first-order valence-electron chi connectivity index (χ1n) is 26.8. The van der Waals surface area contributed by atoms with Gasteiger partial charge in [-0.1, -0.05) is 114 Å². The van der Waals surface area contributed by atoms with Gasteiger partial charge in [-0.2, -0.15) is 0 Å². The zero-order chi connectivity index (χ0) is 53.5. The molecule has 16 nitrogen and oxygen atoms in total. The minimum atomic E-state index is -0.888. The van der Waals surface area contributed by atoms with Gasteiger partial charge in [0.15, 0.2) is 0 Å². The Labute approximate surface area is 438 Å². The molecule has 3 aromatic rings. The lowest BCUT2D eigenvalue weighted by atomic mass is 9.85. The normalized spacial score (nSPS) is 23.4. The Bertz CT molecular complexity index is 2300. The molecular weight excluding hydrogens is 937 g/mol. The minimum absolute atomic E-state index is 0.171. The fourth-order valence-electron chi connectivity index (χ4n) is 10.7. The Morgan fingerprint density at radius 1 is 0.568 bits per heavy atom. The molecule has 0 radical (unpaired) electrons. The van der Waals surface area contributed by atoms with Crippen LogP contribution in [0.5, 0.6) is 0 Å². The molecule has 2 aliphatic heterocycles. The molecule has 3 aromatic carbocycles. The number of rotatable bonds is 18. The second kappa shape index (κ2) is 24.3. The number of carbonyl (C=O) groups excluding carboxylic acids is 6. The van der Waals surface area contributed by atoms with Gasteiger partial charge in [-0.25, -0.2) is 0 Å². The van der Waals surface area contributed by atoms with Crippen molar-refractivity contribution >= 4 is 35.4 Å². The van der Waals surface area contributed by atoms with Crippen LogP contribution in [0.1, 0.15) is 139 Å². The van der Waals surface area contributed by atoms with E-state index in [1.807, 2.05) is 90.1 Å². The predicted octanol–water partition coefficient (Wildman–Crippen LogP) is 5.32. The van der Waals surface area contributed by atoms with Crippen LogP contribution in [-0.4, -0.2) is 121 Å². The molecule has 1 unspecified atom stereocenters. The first-order valence-corrected chi connectivity index (χ1v) is 26.8. The van der Waals surface area contributed by atoms with Gasteiger partial charge in [-0.3, -0.25) is 28.8 Å². The molecule has 10 atom stereocenters. The molecule has 2 fully saturated rings.